The molecule has 0 spiro atoms. The lowest BCUT2D eigenvalue weighted by Crippen LogP contribution is -2.38. The molecular weight excluding hydrogens is 502 g/mol. The zero-order valence-electron chi connectivity index (χ0n) is 19.6. The van der Waals surface area contributed by atoms with E-state index in [9.17, 15) is 16.8 Å². The maximum absolute atomic E-state index is 13.2. The minimum absolute atomic E-state index is 0.0531. The molecule has 1 saturated carbocycles. The maximum Gasteiger partial charge on any atom is 0.243 e. The van der Waals surface area contributed by atoms with Crippen LogP contribution in [0.2, 0.25) is 0 Å². The Kier molecular flexibility index (Phi) is 7.28. The van der Waals surface area contributed by atoms with Crippen LogP contribution in [0.25, 0.3) is 10.2 Å². The van der Waals surface area contributed by atoms with E-state index >= 15 is 0 Å². The van der Waals surface area contributed by atoms with E-state index in [-0.39, 0.29) is 21.8 Å². The molecule has 2 heterocycles. The van der Waals surface area contributed by atoms with Gasteiger partial charge >= 0.3 is 0 Å². The molecule has 1 aliphatic heterocycles. The quantitative estimate of drug-likeness (QED) is 0.456. The molecule has 5 rings (SSSR count). The third-order valence-electron chi connectivity index (χ3n) is 7.06. The highest BCUT2D eigenvalue weighted by molar-refractivity contribution is 7.89. The molecule has 1 saturated heterocycles. The van der Waals surface area contributed by atoms with Crippen LogP contribution in [0.5, 0.6) is 0 Å². The first-order chi connectivity index (χ1) is 16.8. The van der Waals surface area contributed by atoms with Crippen molar-refractivity contribution in [1.29, 1.82) is 0 Å². The van der Waals surface area contributed by atoms with Crippen LogP contribution in [0.15, 0.2) is 58.3 Å². The number of sulfonamides is 2. The molecule has 1 aromatic heterocycles. The normalized spacial score (nSPS) is 19.7. The fraction of sp³-hybridized carbons (Fsp3) is 0.480. The minimum Gasteiger partial charge on any atom is -0.241 e. The minimum atomic E-state index is -3.69. The lowest BCUT2D eigenvalue weighted by atomic mass is 9.99. The number of thiazole rings is 1. The second kappa shape index (κ2) is 10.3. The molecule has 1 aliphatic carbocycles. The van der Waals surface area contributed by atoms with Crippen molar-refractivity contribution in [2.45, 2.75) is 73.1 Å². The lowest BCUT2D eigenvalue weighted by molar-refractivity contribution is 0.319. The molecule has 0 amide bonds. The van der Waals surface area contributed by atoms with Gasteiger partial charge in [-0.25, -0.2) is 26.5 Å². The summed E-state index contributed by atoms with van der Waals surface area (Å²) >= 11 is 1.68. The molecule has 0 bridgehead atoms. The molecule has 3 aromatic rings. The predicted molar refractivity (Wildman–Crippen MR) is 139 cm³/mol. The number of nitrogens with one attached hydrogen (secondary N) is 1. The Labute approximate surface area is 211 Å². The van der Waals surface area contributed by atoms with E-state index in [1.807, 2.05) is 18.2 Å². The maximum atomic E-state index is 13.2. The molecule has 0 atom stereocenters. The van der Waals surface area contributed by atoms with Gasteiger partial charge in [-0.3, -0.25) is 0 Å². The van der Waals surface area contributed by atoms with Crippen LogP contribution in [0, 0.1) is 0 Å². The lowest BCUT2D eigenvalue weighted by Gasteiger charge is -2.30. The number of piperidine rings is 1. The number of hydrogen-bond acceptors (Lipinski definition) is 6. The Morgan fingerprint density at radius 3 is 2.09 bits per heavy atom. The van der Waals surface area contributed by atoms with Gasteiger partial charge in [0, 0.05) is 25.0 Å². The summed E-state index contributed by atoms with van der Waals surface area (Å²) in [4.78, 5) is 4.98. The molecule has 1 N–H and O–H groups in total. The van der Waals surface area contributed by atoms with Crippen LogP contribution in [-0.4, -0.2) is 45.3 Å². The highest BCUT2D eigenvalue weighted by Crippen LogP contribution is 2.35. The summed E-state index contributed by atoms with van der Waals surface area (Å²) in [5.41, 5.74) is 0.992. The highest BCUT2D eigenvalue weighted by atomic mass is 32.2. The smallest absolute Gasteiger partial charge is 0.241 e. The Morgan fingerprint density at radius 2 is 1.43 bits per heavy atom. The topological polar surface area (TPSA) is 96.4 Å². The van der Waals surface area contributed by atoms with E-state index in [2.05, 4.69) is 10.8 Å². The first-order valence-electron chi connectivity index (χ1n) is 12.3. The number of hydrogen-bond donors (Lipinski definition) is 1. The monoisotopic (exact) mass is 533 g/mol. The van der Waals surface area contributed by atoms with Crippen LogP contribution in [0.4, 0.5) is 0 Å². The average Bonchev–Trinajstić information content (AvgIpc) is 3.14. The van der Waals surface area contributed by atoms with Crippen molar-refractivity contribution in [3.05, 3.63) is 53.5 Å². The van der Waals surface area contributed by atoms with Crippen molar-refractivity contribution >= 4 is 41.6 Å². The van der Waals surface area contributed by atoms with Gasteiger partial charge in [-0.05, 0) is 62.1 Å². The van der Waals surface area contributed by atoms with Crippen molar-refractivity contribution in [2.24, 2.45) is 0 Å². The molecule has 35 heavy (non-hydrogen) atoms. The summed E-state index contributed by atoms with van der Waals surface area (Å²) in [5.74, 6) is 0.251. The number of rotatable bonds is 6. The van der Waals surface area contributed by atoms with Gasteiger partial charge in [-0.1, -0.05) is 37.8 Å². The zero-order chi connectivity index (χ0) is 24.5. The predicted octanol–water partition coefficient (Wildman–Crippen LogP) is 4.87. The van der Waals surface area contributed by atoms with Gasteiger partial charge in [0.2, 0.25) is 20.0 Å². The SMILES string of the molecule is O=S(=O)(NC1CCCCCC1)c1ccc(S(=O)(=O)N2CCC(c3nc4ccccc4s3)CC2)cc1. The molecule has 7 nitrogen and oxygen atoms in total. The van der Waals surface area contributed by atoms with E-state index in [1.165, 1.54) is 28.6 Å². The largest absolute Gasteiger partial charge is 0.243 e. The van der Waals surface area contributed by atoms with Crippen LogP contribution < -0.4 is 4.72 Å². The van der Waals surface area contributed by atoms with E-state index in [4.69, 9.17) is 4.98 Å². The molecule has 188 valence electrons. The van der Waals surface area contributed by atoms with Gasteiger partial charge < -0.3 is 0 Å². The zero-order valence-corrected chi connectivity index (χ0v) is 22.0. The van der Waals surface area contributed by atoms with Crippen molar-refractivity contribution in [2.75, 3.05) is 13.1 Å². The number of aromatic nitrogens is 1. The van der Waals surface area contributed by atoms with Crippen LogP contribution >= 0.6 is 11.3 Å². The second-order valence-corrected chi connectivity index (χ2v) is 14.2. The van der Waals surface area contributed by atoms with Gasteiger partial charge in [-0.15, -0.1) is 11.3 Å². The van der Waals surface area contributed by atoms with Crippen molar-refractivity contribution < 1.29 is 16.8 Å². The highest BCUT2D eigenvalue weighted by Gasteiger charge is 2.31. The van der Waals surface area contributed by atoms with Crippen LogP contribution in [0.1, 0.15) is 62.3 Å². The molecule has 2 fully saturated rings. The Hall–Kier alpha value is -1.85. The summed E-state index contributed by atoms with van der Waals surface area (Å²) in [6.07, 6.45) is 7.47. The first-order valence-corrected chi connectivity index (χ1v) is 16.0. The van der Waals surface area contributed by atoms with E-state index in [0.29, 0.717) is 13.1 Å². The summed E-state index contributed by atoms with van der Waals surface area (Å²) in [5, 5.41) is 1.07. The standard InChI is InChI=1S/C25H31N3O4S3/c29-34(30,27-20-7-3-1-2-4-8-20)21-11-13-22(14-12-21)35(31,32)28-17-15-19(16-18-28)25-26-23-9-5-6-10-24(23)33-25/h5-6,9-14,19-20,27H,1-4,7-8,15-18H2. The van der Waals surface area contributed by atoms with Crippen LogP contribution in [0.3, 0.4) is 0 Å². The average molecular weight is 534 g/mol. The third-order valence-corrected chi connectivity index (χ3v) is 11.7. The number of nitrogens with zero attached hydrogens (tertiary/aromatic N) is 2. The first kappa shape index (κ1) is 24.8. The third kappa shape index (κ3) is 5.46. The molecule has 2 aliphatic rings. The Morgan fingerprint density at radius 1 is 0.800 bits per heavy atom. The summed E-state index contributed by atoms with van der Waals surface area (Å²) in [6, 6.07) is 13.6. The number of fused-ring (bicyclic) bond motifs is 1. The van der Waals surface area contributed by atoms with E-state index in [1.54, 1.807) is 11.3 Å². The summed E-state index contributed by atoms with van der Waals surface area (Å²) < 4.78 is 57.6. The molecular formula is C25H31N3O4S3. The van der Waals surface area contributed by atoms with Gasteiger partial charge in [-0.2, -0.15) is 4.31 Å². The van der Waals surface area contributed by atoms with Gasteiger partial charge in [0.1, 0.15) is 0 Å². The van der Waals surface area contributed by atoms with Gasteiger partial charge in [0.15, 0.2) is 0 Å². The van der Waals surface area contributed by atoms with Gasteiger partial charge in [0.25, 0.3) is 0 Å². The summed E-state index contributed by atoms with van der Waals surface area (Å²) in [6.45, 7) is 0.846. The van der Waals surface area contributed by atoms with Crippen molar-refractivity contribution in [3.8, 4) is 0 Å². The molecule has 10 heteroatoms. The molecule has 0 radical (unpaired) electrons. The Bertz CT molecular complexity index is 1340. The van der Waals surface area contributed by atoms with Crippen molar-refractivity contribution in [1.82, 2.24) is 14.0 Å². The fourth-order valence-electron chi connectivity index (χ4n) is 5.03. The van der Waals surface area contributed by atoms with E-state index < -0.39 is 20.0 Å². The van der Waals surface area contributed by atoms with Crippen LogP contribution in [-0.2, 0) is 20.0 Å². The van der Waals surface area contributed by atoms with Gasteiger partial charge in [0.05, 0.1) is 25.0 Å². The summed E-state index contributed by atoms with van der Waals surface area (Å²) in [7, 11) is -7.36. The second-order valence-electron chi connectivity index (χ2n) is 9.48. The Balaban J connectivity index is 1.24. The fourth-order valence-corrected chi connectivity index (χ4v) is 8.94. The molecule has 0 unspecified atom stereocenters. The van der Waals surface area contributed by atoms with E-state index in [0.717, 1.165) is 66.6 Å². The number of para-hydroxylation sites is 1. The number of benzene rings is 2. The van der Waals surface area contributed by atoms with Crippen molar-refractivity contribution in [3.63, 3.8) is 0 Å². The molecule has 2 aromatic carbocycles.